The molecule has 0 radical (unpaired) electrons. The summed E-state index contributed by atoms with van der Waals surface area (Å²) in [5.74, 6) is 0. The molecule has 0 atom stereocenters. The molecule has 0 aliphatic rings. The first-order valence-corrected chi connectivity index (χ1v) is 7.45. The molecular weight excluding hydrogens is 284 g/mol. The van der Waals surface area contributed by atoms with Crippen molar-refractivity contribution in [3.05, 3.63) is 59.1 Å². The van der Waals surface area contributed by atoms with Crippen molar-refractivity contribution < 1.29 is 8.42 Å². The third-order valence-electron chi connectivity index (χ3n) is 2.55. The second-order valence-corrected chi connectivity index (χ2v) is 6.00. The topological polar surface area (TPSA) is 72.2 Å². The van der Waals surface area contributed by atoms with Crippen LogP contribution in [0.4, 0.5) is 5.69 Å². The van der Waals surface area contributed by atoms with Crippen molar-refractivity contribution in [2.24, 2.45) is 5.73 Å². The highest BCUT2D eigenvalue weighted by Gasteiger charge is 2.18. The first-order chi connectivity index (χ1) is 9.03. The van der Waals surface area contributed by atoms with Gasteiger partial charge in [-0.15, -0.1) is 0 Å². The van der Waals surface area contributed by atoms with E-state index < -0.39 is 10.0 Å². The van der Waals surface area contributed by atoms with Crippen molar-refractivity contribution in [3.63, 3.8) is 0 Å². The van der Waals surface area contributed by atoms with E-state index in [1.54, 1.807) is 42.5 Å². The van der Waals surface area contributed by atoms with Crippen molar-refractivity contribution in [3.8, 4) is 0 Å². The Morgan fingerprint density at radius 3 is 2.37 bits per heavy atom. The lowest BCUT2D eigenvalue weighted by molar-refractivity contribution is 0.601. The van der Waals surface area contributed by atoms with E-state index in [-0.39, 0.29) is 9.92 Å². The predicted molar refractivity (Wildman–Crippen MR) is 76.6 cm³/mol. The van der Waals surface area contributed by atoms with Crippen LogP contribution in [0.25, 0.3) is 0 Å². The van der Waals surface area contributed by atoms with Crippen molar-refractivity contribution in [1.29, 1.82) is 0 Å². The minimum atomic E-state index is -3.69. The van der Waals surface area contributed by atoms with Crippen LogP contribution >= 0.6 is 11.6 Å². The zero-order valence-electron chi connectivity index (χ0n) is 10.0. The smallest absolute Gasteiger partial charge is 0.263 e. The van der Waals surface area contributed by atoms with Crippen LogP contribution in [0.1, 0.15) is 5.56 Å². The van der Waals surface area contributed by atoms with E-state index in [2.05, 4.69) is 4.72 Å². The summed E-state index contributed by atoms with van der Waals surface area (Å²) in [6.07, 6.45) is 0. The number of hydrogen-bond donors (Lipinski definition) is 2. The lowest BCUT2D eigenvalue weighted by Crippen LogP contribution is -2.13. The molecule has 0 aromatic heterocycles. The maximum Gasteiger partial charge on any atom is 0.263 e. The molecule has 2 rings (SSSR count). The molecule has 2 aromatic carbocycles. The Morgan fingerprint density at radius 2 is 1.79 bits per heavy atom. The number of nitrogens with two attached hydrogens (primary N) is 1. The van der Waals surface area contributed by atoms with Crippen molar-refractivity contribution in [1.82, 2.24) is 0 Å². The van der Waals surface area contributed by atoms with Gasteiger partial charge in [-0.1, -0.05) is 35.9 Å². The van der Waals surface area contributed by atoms with Gasteiger partial charge in [-0.3, -0.25) is 4.72 Å². The number of benzene rings is 2. The summed E-state index contributed by atoms with van der Waals surface area (Å²) >= 11 is 5.98. The average molecular weight is 297 g/mol. The molecule has 0 saturated carbocycles. The molecule has 0 heterocycles. The molecule has 19 heavy (non-hydrogen) atoms. The van der Waals surface area contributed by atoms with Crippen LogP contribution in [-0.2, 0) is 16.6 Å². The maximum atomic E-state index is 12.2. The molecule has 4 nitrogen and oxygen atoms in total. The summed E-state index contributed by atoms with van der Waals surface area (Å²) in [6.45, 7) is 0.312. The summed E-state index contributed by atoms with van der Waals surface area (Å²) in [7, 11) is -3.69. The summed E-state index contributed by atoms with van der Waals surface area (Å²) in [5.41, 5.74) is 6.75. The van der Waals surface area contributed by atoms with Gasteiger partial charge in [-0.05, 0) is 29.8 Å². The summed E-state index contributed by atoms with van der Waals surface area (Å²) < 4.78 is 26.9. The van der Waals surface area contributed by atoms with Gasteiger partial charge in [0.15, 0.2) is 0 Å². The van der Waals surface area contributed by atoms with E-state index in [1.807, 2.05) is 0 Å². The van der Waals surface area contributed by atoms with Crippen LogP contribution in [0.15, 0.2) is 53.4 Å². The molecule has 2 aromatic rings. The minimum Gasteiger partial charge on any atom is -0.326 e. The normalized spacial score (nSPS) is 11.3. The van der Waals surface area contributed by atoms with E-state index in [0.717, 1.165) is 5.56 Å². The molecule has 0 spiro atoms. The van der Waals surface area contributed by atoms with Gasteiger partial charge in [0.25, 0.3) is 10.0 Å². The highest BCUT2D eigenvalue weighted by atomic mass is 35.5. The van der Waals surface area contributed by atoms with E-state index >= 15 is 0 Å². The number of para-hydroxylation sites is 1. The quantitative estimate of drug-likeness (QED) is 0.911. The summed E-state index contributed by atoms with van der Waals surface area (Å²) in [4.78, 5) is 0.0372. The van der Waals surface area contributed by atoms with Gasteiger partial charge in [0.1, 0.15) is 4.90 Å². The van der Waals surface area contributed by atoms with Gasteiger partial charge in [0, 0.05) is 12.2 Å². The van der Waals surface area contributed by atoms with Gasteiger partial charge in [0.2, 0.25) is 0 Å². The number of rotatable bonds is 4. The van der Waals surface area contributed by atoms with Crippen LogP contribution in [0.2, 0.25) is 5.02 Å². The first kappa shape index (κ1) is 13.9. The SMILES string of the molecule is NCc1ccc(S(=O)(=O)Nc2ccccc2)c(Cl)c1. The molecule has 0 aliphatic carbocycles. The molecule has 0 bridgehead atoms. The molecule has 0 fully saturated rings. The minimum absolute atomic E-state index is 0.0372. The lowest BCUT2D eigenvalue weighted by atomic mass is 10.2. The Balaban J connectivity index is 2.35. The molecule has 0 aliphatic heterocycles. The number of halogens is 1. The van der Waals surface area contributed by atoms with E-state index in [4.69, 9.17) is 17.3 Å². The molecule has 6 heteroatoms. The van der Waals surface area contributed by atoms with Crippen molar-refractivity contribution in [2.45, 2.75) is 11.4 Å². The Hall–Kier alpha value is -1.56. The van der Waals surface area contributed by atoms with Crippen LogP contribution in [0.3, 0.4) is 0 Å². The molecule has 0 amide bonds. The predicted octanol–water partition coefficient (Wildman–Crippen LogP) is 2.60. The second-order valence-electron chi connectivity index (χ2n) is 3.94. The fraction of sp³-hybridized carbons (Fsp3) is 0.0769. The standard InChI is InChI=1S/C13H13ClN2O2S/c14-12-8-10(9-15)6-7-13(12)19(17,18)16-11-4-2-1-3-5-11/h1-8,16H,9,15H2. The largest absolute Gasteiger partial charge is 0.326 e. The Morgan fingerprint density at radius 1 is 1.11 bits per heavy atom. The van der Waals surface area contributed by atoms with Gasteiger partial charge < -0.3 is 5.73 Å². The number of nitrogens with one attached hydrogen (secondary N) is 1. The summed E-state index contributed by atoms with van der Waals surface area (Å²) in [5, 5.41) is 0.159. The second kappa shape index (κ2) is 5.61. The summed E-state index contributed by atoms with van der Waals surface area (Å²) in [6, 6.07) is 13.3. The Kier molecular flexibility index (Phi) is 4.09. The van der Waals surface area contributed by atoms with Crippen LogP contribution in [0, 0.1) is 0 Å². The Labute approximate surface area is 117 Å². The molecule has 0 unspecified atom stereocenters. The Bertz CT molecular complexity index is 672. The number of sulfonamides is 1. The highest BCUT2D eigenvalue weighted by Crippen LogP contribution is 2.24. The highest BCUT2D eigenvalue weighted by molar-refractivity contribution is 7.92. The van der Waals surface area contributed by atoms with Gasteiger partial charge in [-0.2, -0.15) is 0 Å². The van der Waals surface area contributed by atoms with E-state index in [0.29, 0.717) is 12.2 Å². The average Bonchev–Trinajstić information content (AvgIpc) is 2.38. The van der Waals surface area contributed by atoms with Crippen LogP contribution in [0.5, 0.6) is 0 Å². The molecular formula is C13H13ClN2O2S. The van der Waals surface area contributed by atoms with Gasteiger partial charge >= 0.3 is 0 Å². The van der Waals surface area contributed by atoms with Crippen LogP contribution < -0.4 is 10.5 Å². The third-order valence-corrected chi connectivity index (χ3v) is 4.41. The van der Waals surface area contributed by atoms with Crippen molar-refractivity contribution >= 4 is 27.3 Å². The number of hydrogen-bond acceptors (Lipinski definition) is 3. The van der Waals surface area contributed by atoms with Crippen molar-refractivity contribution in [2.75, 3.05) is 4.72 Å². The fourth-order valence-electron chi connectivity index (χ4n) is 1.61. The zero-order chi connectivity index (χ0) is 13.9. The third kappa shape index (κ3) is 3.26. The first-order valence-electron chi connectivity index (χ1n) is 5.59. The fourth-order valence-corrected chi connectivity index (χ4v) is 3.23. The monoisotopic (exact) mass is 296 g/mol. The van der Waals surface area contributed by atoms with Gasteiger partial charge in [-0.25, -0.2) is 8.42 Å². The molecule has 0 saturated heterocycles. The molecule has 100 valence electrons. The maximum absolute atomic E-state index is 12.2. The van der Waals surface area contributed by atoms with Gasteiger partial charge in [0.05, 0.1) is 5.02 Å². The van der Waals surface area contributed by atoms with Crippen LogP contribution in [-0.4, -0.2) is 8.42 Å². The molecule has 3 N–H and O–H groups in total. The van der Waals surface area contributed by atoms with E-state index in [9.17, 15) is 8.42 Å². The van der Waals surface area contributed by atoms with E-state index in [1.165, 1.54) is 6.07 Å². The number of anilines is 1. The lowest BCUT2D eigenvalue weighted by Gasteiger charge is -2.10. The zero-order valence-corrected chi connectivity index (χ0v) is 11.6.